The second kappa shape index (κ2) is 8.23. The first kappa shape index (κ1) is 20.0. The molecule has 1 aliphatic heterocycles. The molecule has 0 bridgehead atoms. The van der Waals surface area contributed by atoms with E-state index in [9.17, 15) is 9.59 Å². The van der Waals surface area contributed by atoms with Gasteiger partial charge in [-0.05, 0) is 32.9 Å². The van der Waals surface area contributed by atoms with E-state index < -0.39 is 0 Å². The van der Waals surface area contributed by atoms with Gasteiger partial charge in [-0.25, -0.2) is 14.5 Å². The summed E-state index contributed by atoms with van der Waals surface area (Å²) < 4.78 is 11.6. The molecule has 10 nitrogen and oxygen atoms in total. The van der Waals surface area contributed by atoms with Crippen molar-refractivity contribution in [1.82, 2.24) is 24.8 Å². The Morgan fingerprint density at radius 2 is 1.97 bits per heavy atom. The molecule has 0 N–H and O–H groups in total. The van der Waals surface area contributed by atoms with Crippen LogP contribution in [0.5, 0.6) is 0 Å². The number of aromatic nitrogens is 4. The van der Waals surface area contributed by atoms with Gasteiger partial charge in [-0.15, -0.1) is 0 Å². The molecule has 0 aliphatic carbocycles. The number of anilines is 1. The summed E-state index contributed by atoms with van der Waals surface area (Å²) in [5.74, 6) is 1.05. The minimum absolute atomic E-state index is 0.244. The second-order valence-electron chi connectivity index (χ2n) is 7.22. The van der Waals surface area contributed by atoms with E-state index in [2.05, 4.69) is 25.0 Å². The summed E-state index contributed by atoms with van der Waals surface area (Å²) in [4.78, 5) is 33.1. The molecule has 158 valence electrons. The second-order valence-corrected chi connectivity index (χ2v) is 7.22. The summed E-state index contributed by atoms with van der Waals surface area (Å²) in [6, 6.07) is 3.56. The van der Waals surface area contributed by atoms with E-state index in [1.165, 1.54) is 4.68 Å². The maximum Gasteiger partial charge on any atom is 0.339 e. The van der Waals surface area contributed by atoms with Crippen LogP contribution >= 0.6 is 0 Å². The summed E-state index contributed by atoms with van der Waals surface area (Å²) in [7, 11) is 0. The number of nitrogens with zero attached hydrogens (tertiary/aromatic N) is 6. The van der Waals surface area contributed by atoms with Gasteiger partial charge in [-0.1, -0.05) is 5.16 Å². The van der Waals surface area contributed by atoms with Crippen molar-refractivity contribution in [1.29, 1.82) is 0 Å². The largest absolute Gasteiger partial charge is 0.462 e. The lowest BCUT2D eigenvalue weighted by Gasteiger charge is -2.35. The number of hydrogen-bond donors (Lipinski definition) is 0. The van der Waals surface area contributed by atoms with Gasteiger partial charge in [0, 0.05) is 32.4 Å². The van der Waals surface area contributed by atoms with Gasteiger partial charge in [0.05, 0.1) is 29.9 Å². The Morgan fingerprint density at radius 1 is 1.20 bits per heavy atom. The third-order valence-electron chi connectivity index (χ3n) is 5.22. The summed E-state index contributed by atoms with van der Waals surface area (Å²) in [5.41, 5.74) is 1.25. The van der Waals surface area contributed by atoms with Gasteiger partial charge in [0.15, 0.2) is 5.52 Å². The average Bonchev–Trinajstić information content (AvgIpc) is 3.15. The van der Waals surface area contributed by atoms with Gasteiger partial charge < -0.3 is 14.2 Å². The zero-order chi connectivity index (χ0) is 21.3. The molecule has 1 aliphatic rings. The van der Waals surface area contributed by atoms with Crippen molar-refractivity contribution in [2.24, 2.45) is 0 Å². The number of pyridine rings is 1. The van der Waals surface area contributed by atoms with Crippen molar-refractivity contribution >= 4 is 22.7 Å². The van der Waals surface area contributed by atoms with E-state index >= 15 is 0 Å². The van der Waals surface area contributed by atoms with Crippen LogP contribution in [0.4, 0.5) is 5.82 Å². The monoisotopic (exact) mass is 412 g/mol. The topological polar surface area (TPSA) is 107 Å². The SMILES string of the molecule is CCOC(=O)c1ccc(N2CCN(Cn3nc(C)c4c(C)onc4c3=O)CC2)nc1. The Morgan fingerprint density at radius 3 is 2.63 bits per heavy atom. The first-order valence-electron chi connectivity index (χ1n) is 9.92. The van der Waals surface area contributed by atoms with Crippen LogP contribution in [0.15, 0.2) is 27.6 Å². The first-order valence-corrected chi connectivity index (χ1v) is 9.92. The lowest BCUT2D eigenvalue weighted by Crippen LogP contribution is -2.48. The molecule has 1 saturated heterocycles. The molecule has 0 amide bonds. The molecule has 0 unspecified atom stereocenters. The Bertz CT molecular complexity index is 1110. The molecule has 0 atom stereocenters. The minimum atomic E-state index is -0.367. The van der Waals surface area contributed by atoms with E-state index in [4.69, 9.17) is 9.26 Å². The van der Waals surface area contributed by atoms with Crippen molar-refractivity contribution in [3.8, 4) is 0 Å². The highest BCUT2D eigenvalue weighted by Gasteiger charge is 2.21. The van der Waals surface area contributed by atoms with Crippen molar-refractivity contribution in [2.75, 3.05) is 37.7 Å². The molecule has 3 aromatic rings. The molecule has 0 spiro atoms. The van der Waals surface area contributed by atoms with Gasteiger partial charge >= 0.3 is 5.97 Å². The zero-order valence-corrected chi connectivity index (χ0v) is 17.3. The van der Waals surface area contributed by atoms with E-state index in [1.807, 2.05) is 13.0 Å². The van der Waals surface area contributed by atoms with Crippen molar-refractivity contribution < 1.29 is 14.1 Å². The van der Waals surface area contributed by atoms with Crippen molar-refractivity contribution in [2.45, 2.75) is 27.4 Å². The van der Waals surface area contributed by atoms with Crippen LogP contribution in [0.3, 0.4) is 0 Å². The van der Waals surface area contributed by atoms with Crippen LogP contribution < -0.4 is 10.5 Å². The Kier molecular flexibility index (Phi) is 5.49. The molecule has 1 fully saturated rings. The van der Waals surface area contributed by atoms with Crippen LogP contribution in [-0.2, 0) is 11.4 Å². The number of carbonyl (C=O) groups is 1. The molecule has 3 aromatic heterocycles. The summed E-state index contributed by atoms with van der Waals surface area (Å²) in [5, 5.41) is 9.03. The minimum Gasteiger partial charge on any atom is -0.462 e. The van der Waals surface area contributed by atoms with E-state index in [-0.39, 0.29) is 11.5 Å². The standard InChI is InChI=1S/C20H24N6O4/c1-4-29-20(28)15-5-6-16(21-11-15)25-9-7-24(8-10-25)12-26-19(27)18-17(13(2)22-26)14(3)30-23-18/h5-6,11H,4,7-10,12H2,1-3H3. The fourth-order valence-corrected chi connectivity index (χ4v) is 3.65. The van der Waals surface area contributed by atoms with E-state index in [1.54, 1.807) is 26.1 Å². The predicted molar refractivity (Wildman–Crippen MR) is 110 cm³/mol. The lowest BCUT2D eigenvalue weighted by atomic mass is 10.2. The maximum atomic E-state index is 12.7. The van der Waals surface area contributed by atoms with Crippen LogP contribution in [0.1, 0.15) is 28.7 Å². The molecule has 4 rings (SSSR count). The molecular weight excluding hydrogens is 388 g/mol. The number of hydrogen-bond acceptors (Lipinski definition) is 9. The molecular formula is C20H24N6O4. The van der Waals surface area contributed by atoms with E-state index in [0.717, 1.165) is 37.7 Å². The van der Waals surface area contributed by atoms with Gasteiger partial charge in [0.2, 0.25) is 0 Å². The third kappa shape index (κ3) is 3.78. The summed E-state index contributed by atoms with van der Waals surface area (Å²) >= 11 is 0. The first-order chi connectivity index (χ1) is 14.5. The number of rotatable bonds is 5. The van der Waals surface area contributed by atoms with Gasteiger partial charge in [0.1, 0.15) is 11.6 Å². The highest BCUT2D eigenvalue weighted by molar-refractivity contribution is 5.89. The molecule has 0 aromatic carbocycles. The van der Waals surface area contributed by atoms with Gasteiger partial charge in [-0.2, -0.15) is 5.10 Å². The molecule has 4 heterocycles. The summed E-state index contributed by atoms with van der Waals surface area (Å²) in [6.07, 6.45) is 1.54. The van der Waals surface area contributed by atoms with Crippen LogP contribution in [0, 0.1) is 13.8 Å². The predicted octanol–water partition coefficient (Wildman–Crippen LogP) is 1.35. The molecule has 30 heavy (non-hydrogen) atoms. The Balaban J connectivity index is 1.41. The molecule has 10 heteroatoms. The van der Waals surface area contributed by atoms with Crippen molar-refractivity contribution in [3.63, 3.8) is 0 Å². The highest BCUT2D eigenvalue weighted by Crippen LogP contribution is 2.17. The number of aryl methyl sites for hydroxylation is 2. The molecule has 0 saturated carbocycles. The smallest absolute Gasteiger partial charge is 0.339 e. The average molecular weight is 412 g/mol. The zero-order valence-electron chi connectivity index (χ0n) is 17.3. The molecule has 0 radical (unpaired) electrons. The van der Waals surface area contributed by atoms with Crippen LogP contribution in [0.2, 0.25) is 0 Å². The number of esters is 1. The number of carbonyl (C=O) groups excluding carboxylic acids is 1. The Hall–Kier alpha value is -3.27. The number of fused-ring (bicyclic) bond motifs is 1. The van der Waals surface area contributed by atoms with Crippen molar-refractivity contribution in [3.05, 3.63) is 45.7 Å². The highest BCUT2D eigenvalue weighted by atomic mass is 16.5. The quantitative estimate of drug-likeness (QED) is 0.574. The van der Waals surface area contributed by atoms with Crippen LogP contribution in [0.25, 0.3) is 10.9 Å². The fourth-order valence-electron chi connectivity index (χ4n) is 3.65. The number of ether oxygens (including phenoxy) is 1. The van der Waals surface area contributed by atoms with Crippen LogP contribution in [-0.4, -0.2) is 63.6 Å². The maximum absolute atomic E-state index is 12.7. The summed E-state index contributed by atoms with van der Waals surface area (Å²) in [6.45, 7) is 9.15. The lowest BCUT2D eigenvalue weighted by molar-refractivity contribution is 0.0526. The third-order valence-corrected chi connectivity index (χ3v) is 5.22. The van der Waals surface area contributed by atoms with E-state index in [0.29, 0.717) is 35.5 Å². The van der Waals surface area contributed by atoms with Gasteiger partial charge in [0.25, 0.3) is 5.56 Å². The normalized spacial score (nSPS) is 15.0. The Labute approximate surface area is 173 Å². The van der Waals surface area contributed by atoms with Gasteiger partial charge in [-0.3, -0.25) is 9.69 Å². The number of piperazine rings is 1. The fraction of sp³-hybridized carbons (Fsp3) is 0.450.